The van der Waals surface area contributed by atoms with Gasteiger partial charge in [-0.15, -0.1) is 0 Å². The monoisotopic (exact) mass is 268 g/mol. The molecule has 1 nitrogen and oxygen atoms in total. The second kappa shape index (κ2) is 4.08. The van der Waals surface area contributed by atoms with E-state index in [4.69, 9.17) is 0 Å². The van der Waals surface area contributed by atoms with Crippen LogP contribution in [0.25, 0.3) is 0 Å². The van der Waals surface area contributed by atoms with Crippen molar-refractivity contribution in [1.29, 1.82) is 0 Å². The van der Waals surface area contributed by atoms with Crippen LogP contribution in [0, 0.1) is 0 Å². The van der Waals surface area contributed by atoms with Gasteiger partial charge >= 0.3 is 113 Å². The summed E-state index contributed by atoms with van der Waals surface area (Å²) in [6, 6.07) is 0. The van der Waals surface area contributed by atoms with Crippen LogP contribution in [0.5, 0.6) is 0 Å². The molecule has 0 amide bonds. The van der Waals surface area contributed by atoms with Crippen molar-refractivity contribution in [2.45, 2.75) is 69.0 Å². The molecule has 0 aromatic carbocycles. The molecule has 17 heavy (non-hydrogen) atoms. The summed E-state index contributed by atoms with van der Waals surface area (Å²) in [7, 11) is 0. The molecule has 0 saturated carbocycles. The molecule has 0 bridgehead atoms. The molecular weight excluding hydrogens is 242 g/mol. The minimum absolute atomic E-state index is 0.165. The van der Waals surface area contributed by atoms with Gasteiger partial charge in [0.2, 0.25) is 0 Å². The zero-order valence-electron chi connectivity index (χ0n) is 12.4. The second-order valence-corrected chi connectivity index (χ2v) is 11.1. The summed E-state index contributed by atoms with van der Waals surface area (Å²) >= 11 is -0.823. The van der Waals surface area contributed by atoms with Gasteiger partial charge in [0, 0.05) is 0 Å². The number of rotatable bonds is 2. The van der Waals surface area contributed by atoms with Crippen LogP contribution in [0.4, 0.5) is 0 Å². The Balaban J connectivity index is 2.43. The standard InChI is InChI=1S/C13H22N.C2H4.Ti/c1-9-8-13(7,11(3)10(9)2)14-12(4,5)6;1-2;/h14H,1-7H3;1-2H2;. The Morgan fingerprint density at radius 1 is 1.06 bits per heavy atom. The van der Waals surface area contributed by atoms with Gasteiger partial charge in [-0.2, -0.15) is 0 Å². The maximum absolute atomic E-state index is 3.90. The van der Waals surface area contributed by atoms with Gasteiger partial charge in [-0.1, -0.05) is 0 Å². The van der Waals surface area contributed by atoms with Crippen LogP contribution in [0.2, 0.25) is 9.45 Å². The van der Waals surface area contributed by atoms with E-state index in [9.17, 15) is 0 Å². The summed E-state index contributed by atoms with van der Waals surface area (Å²) < 4.78 is 4.94. The molecular formula is C15H26NTi. The van der Waals surface area contributed by atoms with Crippen LogP contribution in [-0.4, -0.2) is 11.1 Å². The van der Waals surface area contributed by atoms with Crippen molar-refractivity contribution in [3.8, 4) is 0 Å². The first-order valence-electron chi connectivity index (χ1n) is 6.71. The fourth-order valence-electron chi connectivity index (χ4n) is 3.24. The quantitative estimate of drug-likeness (QED) is 0.739. The van der Waals surface area contributed by atoms with E-state index in [0.29, 0.717) is 0 Å². The van der Waals surface area contributed by atoms with E-state index < -0.39 is 17.9 Å². The fourth-order valence-corrected chi connectivity index (χ4v) is 7.64. The number of allylic oxidation sites excluding steroid dienone is 2. The summed E-state index contributed by atoms with van der Waals surface area (Å²) in [6.45, 7) is 16.2. The van der Waals surface area contributed by atoms with Crippen LogP contribution in [0.3, 0.4) is 0 Å². The SMILES string of the molecule is CC1=C(C)C(C)(NC(C)(C)C)[C]([Ti]2[CH2][CH2]2)=C1C. The van der Waals surface area contributed by atoms with Gasteiger partial charge in [-0.25, -0.2) is 0 Å². The van der Waals surface area contributed by atoms with Crippen LogP contribution >= 0.6 is 0 Å². The van der Waals surface area contributed by atoms with Crippen molar-refractivity contribution in [1.82, 2.24) is 5.32 Å². The molecule has 0 aromatic heterocycles. The van der Waals surface area contributed by atoms with Crippen LogP contribution in [-0.2, 0) is 17.9 Å². The second-order valence-electron chi connectivity index (χ2n) is 6.85. The van der Waals surface area contributed by atoms with Crippen LogP contribution in [0.15, 0.2) is 20.6 Å². The molecule has 1 fully saturated rings. The molecule has 0 spiro atoms. The van der Waals surface area contributed by atoms with Gasteiger partial charge in [-0.05, 0) is 0 Å². The Hall–Kier alpha value is 0.154. The topological polar surface area (TPSA) is 12.0 Å². The fraction of sp³-hybridized carbons (Fsp3) is 0.733. The molecule has 1 saturated heterocycles. The summed E-state index contributed by atoms with van der Waals surface area (Å²) in [4.78, 5) is 0. The van der Waals surface area contributed by atoms with Gasteiger partial charge in [-0.3, -0.25) is 0 Å². The molecule has 1 aliphatic heterocycles. The van der Waals surface area contributed by atoms with E-state index in [1.54, 1.807) is 26.2 Å². The van der Waals surface area contributed by atoms with E-state index in [1.807, 2.05) is 3.88 Å². The van der Waals surface area contributed by atoms with Crippen LogP contribution < -0.4 is 5.32 Å². The molecule has 0 radical (unpaired) electrons. The zero-order valence-corrected chi connectivity index (χ0v) is 14.0. The van der Waals surface area contributed by atoms with Crippen molar-refractivity contribution in [2.24, 2.45) is 0 Å². The molecule has 0 aromatic rings. The van der Waals surface area contributed by atoms with E-state index in [-0.39, 0.29) is 11.1 Å². The summed E-state index contributed by atoms with van der Waals surface area (Å²) in [5.74, 6) is 0. The van der Waals surface area contributed by atoms with Crippen molar-refractivity contribution in [2.75, 3.05) is 0 Å². The molecule has 2 heteroatoms. The summed E-state index contributed by atoms with van der Waals surface area (Å²) in [5.41, 5.74) is 5.07. The van der Waals surface area contributed by atoms with E-state index in [2.05, 4.69) is 53.8 Å². The van der Waals surface area contributed by atoms with E-state index in [0.717, 1.165) is 0 Å². The Labute approximate surface area is 113 Å². The third kappa shape index (κ3) is 2.34. The first-order valence-corrected chi connectivity index (χ1v) is 9.70. The normalized spacial score (nSPS) is 29.5. The number of hydrogen-bond acceptors (Lipinski definition) is 1. The summed E-state index contributed by atoms with van der Waals surface area (Å²) in [6.07, 6.45) is 0. The molecule has 1 unspecified atom stereocenters. The third-order valence-corrected chi connectivity index (χ3v) is 8.26. The number of hydrogen-bond donors (Lipinski definition) is 1. The minimum atomic E-state index is -0.823. The van der Waals surface area contributed by atoms with Crippen molar-refractivity contribution in [3.05, 3.63) is 20.6 Å². The Morgan fingerprint density at radius 2 is 1.59 bits per heavy atom. The molecule has 1 N–H and O–H groups in total. The third-order valence-electron chi connectivity index (χ3n) is 4.23. The Bertz CT molecular complexity index is 407. The van der Waals surface area contributed by atoms with Crippen molar-refractivity contribution >= 4 is 0 Å². The Kier molecular flexibility index (Phi) is 3.26. The molecule has 1 atom stereocenters. The predicted molar refractivity (Wildman–Crippen MR) is 72.0 cm³/mol. The zero-order chi connectivity index (χ0) is 13.0. The van der Waals surface area contributed by atoms with E-state index >= 15 is 0 Å². The predicted octanol–water partition coefficient (Wildman–Crippen LogP) is 4.23. The van der Waals surface area contributed by atoms with Gasteiger partial charge in [0.25, 0.3) is 0 Å². The van der Waals surface area contributed by atoms with Crippen LogP contribution in [0.1, 0.15) is 48.5 Å². The van der Waals surface area contributed by atoms with Crippen molar-refractivity contribution < 1.29 is 17.9 Å². The van der Waals surface area contributed by atoms with Crippen molar-refractivity contribution in [3.63, 3.8) is 0 Å². The average molecular weight is 268 g/mol. The van der Waals surface area contributed by atoms with Gasteiger partial charge in [0.15, 0.2) is 0 Å². The maximum atomic E-state index is 3.90. The Morgan fingerprint density at radius 3 is 2.00 bits per heavy atom. The first-order chi connectivity index (χ1) is 7.67. The molecule has 1 aliphatic carbocycles. The number of nitrogens with one attached hydrogen (secondary N) is 1. The van der Waals surface area contributed by atoms with Gasteiger partial charge in [0.05, 0.1) is 0 Å². The average Bonchev–Trinajstić information content (AvgIpc) is 2.93. The molecule has 95 valence electrons. The molecule has 1 heterocycles. The first kappa shape index (κ1) is 13.6. The van der Waals surface area contributed by atoms with E-state index in [1.165, 1.54) is 0 Å². The van der Waals surface area contributed by atoms with Gasteiger partial charge < -0.3 is 0 Å². The van der Waals surface area contributed by atoms with Gasteiger partial charge in [0.1, 0.15) is 0 Å². The summed E-state index contributed by atoms with van der Waals surface area (Å²) in [5, 5.41) is 3.90. The molecule has 2 aliphatic rings. The molecule has 2 rings (SSSR count).